The molecule has 8 rings (SSSR count). The normalized spacial score (nSPS) is 18.5. The van der Waals surface area contributed by atoms with Gasteiger partial charge in [-0.3, -0.25) is 4.90 Å². The first-order chi connectivity index (χ1) is 27.1. The summed E-state index contributed by atoms with van der Waals surface area (Å²) in [6.45, 7) is 2.78. The molecule has 3 atom stereocenters. The van der Waals surface area contributed by atoms with E-state index in [1.165, 1.54) is 26.6 Å². The molecule has 2 N–H and O–H groups in total. The van der Waals surface area contributed by atoms with Crippen molar-refractivity contribution in [1.82, 2.24) is 10.2 Å². The van der Waals surface area contributed by atoms with Crippen molar-refractivity contribution in [3.8, 4) is 17.2 Å². The van der Waals surface area contributed by atoms with Crippen molar-refractivity contribution >= 4 is 35.3 Å². The van der Waals surface area contributed by atoms with E-state index < -0.39 is 24.0 Å². The summed E-state index contributed by atoms with van der Waals surface area (Å²) in [4.78, 5) is 28.2. The summed E-state index contributed by atoms with van der Waals surface area (Å²) in [7, 11) is 3.02. The maximum Gasteiger partial charge on any atom is 0.408 e. The molecule has 5 aromatic rings. The van der Waals surface area contributed by atoms with Gasteiger partial charge in [0.1, 0.15) is 34.3 Å². The van der Waals surface area contributed by atoms with Crippen molar-refractivity contribution < 1.29 is 42.8 Å². The Morgan fingerprint density at radius 1 is 0.929 bits per heavy atom. The van der Waals surface area contributed by atoms with Gasteiger partial charge in [-0.15, -0.1) is 0 Å². The second-order valence-electron chi connectivity index (χ2n) is 13.9. The number of pyridine rings is 1. The van der Waals surface area contributed by atoms with Gasteiger partial charge in [0.25, 0.3) is 0 Å². The van der Waals surface area contributed by atoms with E-state index in [0.29, 0.717) is 44.6 Å². The zero-order valence-corrected chi connectivity index (χ0v) is 32.3. The van der Waals surface area contributed by atoms with Crippen LogP contribution in [-0.2, 0) is 17.8 Å². The minimum atomic E-state index is -1.28. The van der Waals surface area contributed by atoms with E-state index in [0.717, 1.165) is 43.6 Å². The summed E-state index contributed by atoms with van der Waals surface area (Å²) in [6.07, 6.45) is 4.00. The Morgan fingerprint density at radius 2 is 1.59 bits per heavy atom. The van der Waals surface area contributed by atoms with Crippen molar-refractivity contribution in [3.05, 3.63) is 146 Å². The first-order valence-corrected chi connectivity index (χ1v) is 19.0. The number of aromatic nitrogens is 1. The maximum atomic E-state index is 13.2. The van der Waals surface area contributed by atoms with Crippen molar-refractivity contribution in [1.29, 1.82) is 0 Å². The number of alkyl carbamates (subject to hydrolysis) is 1. The van der Waals surface area contributed by atoms with Crippen LogP contribution in [0.25, 0.3) is 0 Å². The zero-order valence-electron chi connectivity index (χ0n) is 30.8. The molecule has 5 heterocycles. The molecule has 12 nitrogen and oxygen atoms in total. The minimum absolute atomic E-state index is 0.0897. The van der Waals surface area contributed by atoms with Gasteiger partial charge in [0.2, 0.25) is 5.76 Å². The third-order valence-electron chi connectivity index (χ3n) is 10.5. The fourth-order valence-corrected chi connectivity index (χ4v) is 8.21. The number of ether oxygens (including phenoxy) is 4. The van der Waals surface area contributed by atoms with E-state index in [9.17, 15) is 19.9 Å². The molecule has 0 saturated carbocycles. The number of hydrogen-bond acceptors (Lipinski definition) is 9. The lowest BCUT2D eigenvalue weighted by molar-refractivity contribution is -0.605. The van der Waals surface area contributed by atoms with Gasteiger partial charge in [-0.2, -0.15) is 4.73 Å². The van der Waals surface area contributed by atoms with Crippen molar-refractivity contribution in [2.24, 2.45) is 5.92 Å². The summed E-state index contributed by atoms with van der Waals surface area (Å²) in [5.74, 6) is -0.170. The fourth-order valence-electron chi connectivity index (χ4n) is 7.61. The third-order valence-corrected chi connectivity index (χ3v) is 11.2. The van der Waals surface area contributed by atoms with Crippen LogP contribution >= 0.6 is 23.2 Å². The summed E-state index contributed by atoms with van der Waals surface area (Å²) in [5.41, 5.74) is 3.17. The second-order valence-corrected chi connectivity index (χ2v) is 14.7. The predicted octanol–water partition coefficient (Wildman–Crippen LogP) is 7.80. The largest absolute Gasteiger partial charge is 0.619 e. The second kappa shape index (κ2) is 17.2. The minimum Gasteiger partial charge on any atom is -0.619 e. The molecule has 0 aliphatic carbocycles. The lowest BCUT2D eigenvalue weighted by atomic mass is 9.85. The van der Waals surface area contributed by atoms with E-state index in [1.807, 2.05) is 42.5 Å². The van der Waals surface area contributed by atoms with Gasteiger partial charge in [-0.25, -0.2) is 9.59 Å². The summed E-state index contributed by atoms with van der Waals surface area (Å²) in [6, 6.07) is 23.4. The number of hydrogen-bond donors (Lipinski definition) is 2. The van der Waals surface area contributed by atoms with Gasteiger partial charge in [-0.1, -0.05) is 71.7 Å². The molecule has 292 valence electrons. The van der Waals surface area contributed by atoms with Gasteiger partial charge >= 0.3 is 12.1 Å². The number of carbonyl (C=O) groups excluding carboxylic acids is 1. The average molecular weight is 803 g/mol. The molecular formula is C42H41Cl2N3O9. The van der Waals surface area contributed by atoms with Crippen LogP contribution in [-0.4, -0.2) is 62.0 Å². The van der Waals surface area contributed by atoms with Crippen molar-refractivity contribution in [3.63, 3.8) is 0 Å². The molecule has 3 aromatic carbocycles. The Bertz CT molecular complexity index is 2150. The molecule has 3 aliphatic rings. The Balaban J connectivity index is 1.11. The highest BCUT2D eigenvalue weighted by Gasteiger charge is 2.37. The quantitative estimate of drug-likeness (QED) is 0.0843. The maximum absolute atomic E-state index is 13.2. The molecular weight excluding hydrogens is 761 g/mol. The summed E-state index contributed by atoms with van der Waals surface area (Å²) < 4.78 is 29.4. The number of nitrogens with zero attached hydrogens (tertiary/aromatic N) is 2. The number of methoxy groups -OCH3 is 2. The fraction of sp³-hybridized carbons (Fsp3) is 0.310. The lowest BCUT2D eigenvalue weighted by Gasteiger charge is -2.43. The number of carboxylic acid groups (broad SMARTS) is 1. The Morgan fingerprint density at radius 3 is 2.21 bits per heavy atom. The van der Waals surface area contributed by atoms with Crippen LogP contribution < -0.4 is 24.3 Å². The number of piperidine rings is 3. The van der Waals surface area contributed by atoms with E-state index in [1.54, 1.807) is 36.4 Å². The molecule has 2 aromatic heterocycles. The number of aromatic carboxylic acids is 1. The standard InChI is InChI=1S/C42H41Cl2N3O9/c1-52-36-13-10-28(18-37(36)53-2)31(20-33-34(43)21-47(51)22-35(33)44)32-19-30(55-40(32)41(48)49)24-54-29-11-8-27(9-12-29)39(26-6-4-3-5-7-26)45-42(50)56-38-23-46-16-14-25(38)15-17-46/h3-13,18-19,21-22,25,31,38-39H,14-17,20,23-24H2,1-2H3,(H,45,50)(H,48,49)/t31-,38-,39+/m0/s1. The number of amides is 1. The van der Waals surface area contributed by atoms with Crippen LogP contribution in [0.5, 0.6) is 17.2 Å². The van der Waals surface area contributed by atoms with Crippen molar-refractivity contribution in [2.75, 3.05) is 33.9 Å². The molecule has 0 unspecified atom stereocenters. The van der Waals surface area contributed by atoms with E-state index in [-0.39, 0.29) is 40.7 Å². The Kier molecular flexibility index (Phi) is 11.9. The van der Waals surface area contributed by atoms with Gasteiger partial charge in [0.05, 0.1) is 20.3 Å². The Labute approximate surface area is 334 Å². The van der Waals surface area contributed by atoms with Crippen LogP contribution in [0, 0.1) is 11.1 Å². The van der Waals surface area contributed by atoms with E-state index >= 15 is 0 Å². The summed E-state index contributed by atoms with van der Waals surface area (Å²) >= 11 is 13.0. The highest BCUT2D eigenvalue weighted by atomic mass is 35.5. The zero-order chi connectivity index (χ0) is 39.3. The van der Waals surface area contributed by atoms with E-state index in [2.05, 4.69) is 10.2 Å². The number of nitrogens with one attached hydrogen (secondary N) is 1. The van der Waals surface area contributed by atoms with Crippen LogP contribution in [0.1, 0.15) is 68.9 Å². The number of rotatable bonds is 14. The molecule has 3 saturated heterocycles. The van der Waals surface area contributed by atoms with Crippen molar-refractivity contribution in [2.45, 2.75) is 43.9 Å². The molecule has 0 radical (unpaired) electrons. The number of carboxylic acids is 1. The monoisotopic (exact) mass is 801 g/mol. The molecule has 14 heteroatoms. The molecule has 3 fully saturated rings. The first-order valence-electron chi connectivity index (χ1n) is 18.2. The predicted molar refractivity (Wildman–Crippen MR) is 208 cm³/mol. The van der Waals surface area contributed by atoms with Crippen LogP contribution in [0.15, 0.2) is 95.7 Å². The average Bonchev–Trinajstić information content (AvgIpc) is 3.64. The molecule has 56 heavy (non-hydrogen) atoms. The molecule has 0 spiro atoms. The van der Waals surface area contributed by atoms with Gasteiger partial charge in [0, 0.05) is 23.6 Å². The third kappa shape index (κ3) is 8.67. The van der Waals surface area contributed by atoms with Gasteiger partial charge < -0.3 is 39.0 Å². The van der Waals surface area contributed by atoms with Gasteiger partial charge in [-0.05, 0) is 85.3 Å². The number of halogens is 2. The van der Waals surface area contributed by atoms with Crippen LogP contribution in [0.2, 0.25) is 10.0 Å². The molecule has 1 amide bonds. The molecule has 3 aliphatic heterocycles. The molecule has 2 bridgehead atoms. The van der Waals surface area contributed by atoms with Crippen LogP contribution in [0.4, 0.5) is 4.79 Å². The lowest BCUT2D eigenvalue weighted by Crippen LogP contribution is -2.52. The number of carbonyl (C=O) groups is 2. The van der Waals surface area contributed by atoms with Gasteiger partial charge in [0.15, 0.2) is 23.9 Å². The topological polar surface area (TPSA) is 147 Å². The number of furan rings is 1. The van der Waals surface area contributed by atoms with Crippen LogP contribution in [0.3, 0.4) is 0 Å². The highest BCUT2D eigenvalue weighted by Crippen LogP contribution is 2.40. The van der Waals surface area contributed by atoms with E-state index in [4.69, 9.17) is 46.6 Å². The smallest absolute Gasteiger partial charge is 0.408 e. The highest BCUT2D eigenvalue weighted by molar-refractivity contribution is 6.35. The first kappa shape index (κ1) is 38.8. The number of fused-ring (bicyclic) bond motifs is 3. The number of benzene rings is 3. The SMILES string of the molecule is COc1ccc([C@H](Cc2c(Cl)c[n+]([O-])cc2Cl)c2cc(COc3ccc([C@H](NC(=O)O[C@H]4CN5CCC4CC5)c4ccccc4)cc3)oc2C(=O)O)cc1OC. The summed E-state index contributed by atoms with van der Waals surface area (Å²) in [5, 5.41) is 25.6. The Hall–Kier alpha value is -5.43.